The lowest BCUT2D eigenvalue weighted by Gasteiger charge is -2.32. The molecule has 1 saturated heterocycles. The molecule has 4 rings (SSSR count). The van der Waals surface area contributed by atoms with Crippen molar-refractivity contribution in [2.24, 2.45) is 0 Å². The van der Waals surface area contributed by atoms with Crippen molar-refractivity contribution in [1.29, 1.82) is 0 Å². The number of hydrogen-bond acceptors (Lipinski definition) is 5. The third kappa shape index (κ3) is 3.95. The Morgan fingerprint density at radius 2 is 1.96 bits per heavy atom. The molecular weight excluding hydrogens is 340 g/mol. The Balaban J connectivity index is 1.30. The number of para-hydroxylation sites is 1. The normalized spacial score (nSPS) is 17.8. The van der Waals surface area contributed by atoms with Crippen LogP contribution in [0.3, 0.4) is 0 Å². The van der Waals surface area contributed by atoms with Crippen LogP contribution in [0.2, 0.25) is 0 Å². The summed E-state index contributed by atoms with van der Waals surface area (Å²) in [6.07, 6.45) is 4.65. The Labute approximate surface area is 160 Å². The van der Waals surface area contributed by atoms with E-state index in [4.69, 9.17) is 4.74 Å². The van der Waals surface area contributed by atoms with E-state index in [1.54, 1.807) is 6.20 Å². The van der Waals surface area contributed by atoms with Crippen LogP contribution < -0.4 is 9.64 Å². The molecule has 6 heteroatoms. The molecule has 27 heavy (non-hydrogen) atoms. The standard InChI is InChI=1S/C21H26N4O2/c1-15-13-22-16(2)21(23-15)27-18-8-10-24(11-9-18)14-20(26)25-12-7-17-5-3-4-6-19(17)25/h3-6,13,18H,7-12,14H2,1-2H3. The van der Waals surface area contributed by atoms with E-state index >= 15 is 0 Å². The number of nitrogens with zero attached hydrogens (tertiary/aromatic N) is 4. The van der Waals surface area contributed by atoms with Crippen LogP contribution >= 0.6 is 0 Å². The first-order valence-corrected chi connectivity index (χ1v) is 9.67. The summed E-state index contributed by atoms with van der Waals surface area (Å²) in [6, 6.07) is 8.20. The van der Waals surface area contributed by atoms with Crippen molar-refractivity contribution < 1.29 is 9.53 Å². The van der Waals surface area contributed by atoms with Gasteiger partial charge < -0.3 is 9.64 Å². The number of amides is 1. The van der Waals surface area contributed by atoms with E-state index in [1.165, 1.54) is 5.56 Å². The van der Waals surface area contributed by atoms with E-state index in [1.807, 2.05) is 36.9 Å². The van der Waals surface area contributed by atoms with Crippen molar-refractivity contribution in [3.63, 3.8) is 0 Å². The Hall–Kier alpha value is -2.47. The van der Waals surface area contributed by atoms with Crippen LogP contribution in [0.5, 0.6) is 5.88 Å². The molecule has 3 heterocycles. The van der Waals surface area contributed by atoms with Gasteiger partial charge in [0.05, 0.1) is 17.9 Å². The third-order valence-electron chi connectivity index (χ3n) is 5.39. The summed E-state index contributed by atoms with van der Waals surface area (Å²) in [4.78, 5) is 25.7. The highest BCUT2D eigenvalue weighted by Crippen LogP contribution is 2.28. The van der Waals surface area contributed by atoms with Crippen LogP contribution in [-0.4, -0.2) is 53.1 Å². The van der Waals surface area contributed by atoms with Crippen molar-refractivity contribution >= 4 is 11.6 Å². The monoisotopic (exact) mass is 366 g/mol. The van der Waals surface area contributed by atoms with E-state index < -0.39 is 0 Å². The minimum absolute atomic E-state index is 0.138. The van der Waals surface area contributed by atoms with Crippen molar-refractivity contribution in [3.8, 4) is 5.88 Å². The summed E-state index contributed by atoms with van der Waals surface area (Å²) in [5.74, 6) is 0.831. The fraction of sp³-hybridized carbons (Fsp3) is 0.476. The van der Waals surface area contributed by atoms with Crippen molar-refractivity contribution in [1.82, 2.24) is 14.9 Å². The minimum Gasteiger partial charge on any atom is -0.473 e. The van der Waals surface area contributed by atoms with Crippen LogP contribution in [0, 0.1) is 13.8 Å². The lowest BCUT2D eigenvalue weighted by atomic mass is 10.1. The number of likely N-dealkylation sites (tertiary alicyclic amines) is 1. The van der Waals surface area contributed by atoms with Crippen LogP contribution in [0.4, 0.5) is 5.69 Å². The number of hydrogen-bond donors (Lipinski definition) is 0. The summed E-state index contributed by atoms with van der Waals surface area (Å²) in [5, 5.41) is 0. The molecular formula is C21H26N4O2. The van der Waals surface area contributed by atoms with E-state index in [0.717, 1.165) is 56.0 Å². The molecule has 0 atom stereocenters. The first-order valence-electron chi connectivity index (χ1n) is 9.67. The fourth-order valence-corrected chi connectivity index (χ4v) is 3.84. The van der Waals surface area contributed by atoms with Crippen molar-refractivity contribution in [2.75, 3.05) is 31.1 Å². The second-order valence-corrected chi connectivity index (χ2v) is 7.42. The molecule has 0 aliphatic carbocycles. The van der Waals surface area contributed by atoms with Crippen LogP contribution in [-0.2, 0) is 11.2 Å². The average Bonchev–Trinajstić information content (AvgIpc) is 3.10. The molecule has 1 aromatic heterocycles. The number of piperidine rings is 1. The van der Waals surface area contributed by atoms with E-state index in [2.05, 4.69) is 20.9 Å². The number of carbonyl (C=O) groups is 1. The van der Waals surface area contributed by atoms with Gasteiger partial charge in [-0.2, -0.15) is 0 Å². The lowest BCUT2D eigenvalue weighted by Crippen LogP contribution is -2.45. The number of rotatable bonds is 4. The summed E-state index contributed by atoms with van der Waals surface area (Å²) >= 11 is 0. The predicted octanol–water partition coefficient (Wildman–Crippen LogP) is 2.53. The molecule has 0 spiro atoms. The Bertz CT molecular complexity index is 831. The SMILES string of the molecule is Cc1cnc(C)c(OC2CCN(CC(=O)N3CCc4ccccc43)CC2)n1. The molecule has 0 N–H and O–H groups in total. The zero-order chi connectivity index (χ0) is 18.8. The largest absolute Gasteiger partial charge is 0.473 e. The molecule has 0 unspecified atom stereocenters. The van der Waals surface area contributed by atoms with Crippen LogP contribution in [0.15, 0.2) is 30.5 Å². The average molecular weight is 366 g/mol. The second kappa shape index (κ2) is 7.64. The number of anilines is 1. The van der Waals surface area contributed by atoms with Gasteiger partial charge >= 0.3 is 0 Å². The van der Waals surface area contributed by atoms with Gasteiger partial charge in [0, 0.05) is 31.5 Å². The first kappa shape index (κ1) is 17.9. The van der Waals surface area contributed by atoms with Crippen LogP contribution in [0.1, 0.15) is 29.8 Å². The second-order valence-electron chi connectivity index (χ2n) is 7.42. The van der Waals surface area contributed by atoms with Gasteiger partial charge in [-0.1, -0.05) is 18.2 Å². The Morgan fingerprint density at radius 3 is 2.78 bits per heavy atom. The molecule has 2 aliphatic heterocycles. The molecule has 2 aromatic rings. The molecule has 6 nitrogen and oxygen atoms in total. The molecule has 2 aliphatic rings. The Kier molecular flexibility index (Phi) is 5.07. The van der Waals surface area contributed by atoms with Gasteiger partial charge in [-0.3, -0.25) is 14.7 Å². The highest BCUT2D eigenvalue weighted by atomic mass is 16.5. The number of benzene rings is 1. The van der Waals surface area contributed by atoms with E-state index in [9.17, 15) is 4.79 Å². The molecule has 142 valence electrons. The van der Waals surface area contributed by atoms with Gasteiger partial charge in [0.1, 0.15) is 6.10 Å². The zero-order valence-corrected chi connectivity index (χ0v) is 16.0. The number of fused-ring (bicyclic) bond motifs is 1. The van der Waals surface area contributed by atoms with E-state index in [0.29, 0.717) is 12.4 Å². The number of aryl methyl sites for hydroxylation is 2. The van der Waals surface area contributed by atoms with Gasteiger partial charge in [-0.25, -0.2) is 4.98 Å². The van der Waals surface area contributed by atoms with Gasteiger partial charge in [-0.05, 0) is 44.7 Å². The van der Waals surface area contributed by atoms with Crippen molar-refractivity contribution in [2.45, 2.75) is 39.2 Å². The molecule has 0 bridgehead atoms. The topological polar surface area (TPSA) is 58.6 Å². The quantitative estimate of drug-likeness (QED) is 0.832. The maximum absolute atomic E-state index is 12.8. The van der Waals surface area contributed by atoms with Gasteiger partial charge in [0.25, 0.3) is 0 Å². The zero-order valence-electron chi connectivity index (χ0n) is 16.0. The van der Waals surface area contributed by atoms with Gasteiger partial charge in [0.2, 0.25) is 11.8 Å². The van der Waals surface area contributed by atoms with E-state index in [-0.39, 0.29) is 12.0 Å². The summed E-state index contributed by atoms with van der Waals surface area (Å²) < 4.78 is 6.07. The fourth-order valence-electron chi connectivity index (χ4n) is 3.84. The van der Waals surface area contributed by atoms with Gasteiger partial charge in [0.15, 0.2) is 0 Å². The number of aromatic nitrogens is 2. The predicted molar refractivity (Wildman–Crippen MR) is 104 cm³/mol. The summed E-state index contributed by atoms with van der Waals surface area (Å²) in [7, 11) is 0. The molecule has 1 fully saturated rings. The molecule has 0 radical (unpaired) electrons. The third-order valence-corrected chi connectivity index (χ3v) is 5.39. The maximum Gasteiger partial charge on any atom is 0.241 e. The summed E-state index contributed by atoms with van der Waals surface area (Å²) in [5.41, 5.74) is 4.04. The Morgan fingerprint density at radius 1 is 1.19 bits per heavy atom. The molecule has 0 saturated carbocycles. The van der Waals surface area contributed by atoms with Crippen LogP contribution in [0.25, 0.3) is 0 Å². The number of carbonyl (C=O) groups excluding carboxylic acids is 1. The minimum atomic E-state index is 0.138. The molecule has 1 amide bonds. The molecule has 1 aromatic carbocycles. The highest BCUT2D eigenvalue weighted by Gasteiger charge is 2.28. The lowest BCUT2D eigenvalue weighted by molar-refractivity contribution is -0.120. The first-order chi connectivity index (χ1) is 13.1. The van der Waals surface area contributed by atoms with Gasteiger partial charge in [-0.15, -0.1) is 0 Å². The highest BCUT2D eigenvalue weighted by molar-refractivity contribution is 5.96. The van der Waals surface area contributed by atoms with Crippen molar-refractivity contribution in [3.05, 3.63) is 47.4 Å². The maximum atomic E-state index is 12.8. The number of ether oxygens (including phenoxy) is 1. The smallest absolute Gasteiger partial charge is 0.241 e. The summed E-state index contributed by atoms with van der Waals surface area (Å²) in [6.45, 7) is 6.84.